The van der Waals surface area contributed by atoms with Crippen LogP contribution in [0.5, 0.6) is 0 Å². The smallest absolute Gasteiger partial charge is 0.256 e. The van der Waals surface area contributed by atoms with Crippen LogP contribution in [0.3, 0.4) is 0 Å². The van der Waals surface area contributed by atoms with E-state index >= 15 is 0 Å². The van der Waals surface area contributed by atoms with E-state index in [4.69, 9.17) is 9.47 Å². The standard InChI is InChI=1S/C20H25N3O4/c24-18-14-17-20(23(18)7-3-11-27-20)6-8-22(17)19(25)15-4-1-2-5-16(15)21-9-12-26-13-10-21/h1-2,4-5,17H,3,6-14H2/t17-,20+/m1/s1. The van der Waals surface area contributed by atoms with Gasteiger partial charge >= 0.3 is 0 Å². The van der Waals surface area contributed by atoms with Crippen LogP contribution in [0.2, 0.25) is 0 Å². The minimum atomic E-state index is -0.598. The number of morpholine rings is 1. The molecule has 0 aromatic heterocycles. The normalized spacial score (nSPS) is 30.4. The molecule has 0 aliphatic carbocycles. The van der Waals surface area contributed by atoms with Crippen molar-refractivity contribution in [3.05, 3.63) is 29.8 Å². The van der Waals surface area contributed by atoms with E-state index in [9.17, 15) is 9.59 Å². The third-order valence-corrected chi connectivity index (χ3v) is 6.36. The summed E-state index contributed by atoms with van der Waals surface area (Å²) in [5, 5.41) is 0. The Kier molecular flexibility index (Phi) is 4.09. The summed E-state index contributed by atoms with van der Waals surface area (Å²) in [6, 6.07) is 7.60. The van der Waals surface area contributed by atoms with Crippen LogP contribution in [0.1, 0.15) is 29.6 Å². The van der Waals surface area contributed by atoms with Gasteiger partial charge in [-0.25, -0.2) is 0 Å². The average molecular weight is 371 g/mol. The van der Waals surface area contributed by atoms with Gasteiger partial charge in [0.05, 0.1) is 37.8 Å². The molecule has 5 rings (SSSR count). The third-order valence-electron chi connectivity index (χ3n) is 6.36. The lowest BCUT2D eigenvalue weighted by atomic mass is 10.0. The highest BCUT2D eigenvalue weighted by Gasteiger charge is 2.61. The number of carbonyl (C=O) groups excluding carboxylic acids is 2. The predicted octanol–water partition coefficient (Wildman–Crippen LogP) is 1.09. The minimum absolute atomic E-state index is 0.00258. The number of carbonyl (C=O) groups is 2. The van der Waals surface area contributed by atoms with Crippen LogP contribution in [0.4, 0.5) is 5.69 Å². The van der Waals surface area contributed by atoms with Gasteiger partial charge in [0.1, 0.15) is 0 Å². The maximum Gasteiger partial charge on any atom is 0.256 e. The van der Waals surface area contributed by atoms with Crippen molar-refractivity contribution in [3.63, 3.8) is 0 Å². The monoisotopic (exact) mass is 371 g/mol. The van der Waals surface area contributed by atoms with Crippen molar-refractivity contribution < 1.29 is 19.1 Å². The van der Waals surface area contributed by atoms with E-state index in [1.165, 1.54) is 0 Å². The number of hydrogen-bond acceptors (Lipinski definition) is 5. The summed E-state index contributed by atoms with van der Waals surface area (Å²) in [6.45, 7) is 4.95. The number of rotatable bonds is 2. The first-order chi connectivity index (χ1) is 13.2. The second-order valence-electron chi connectivity index (χ2n) is 7.68. The summed E-state index contributed by atoms with van der Waals surface area (Å²) < 4.78 is 11.6. The number of nitrogens with zero attached hydrogens (tertiary/aromatic N) is 3. The van der Waals surface area contributed by atoms with Gasteiger partial charge in [-0.15, -0.1) is 0 Å². The first-order valence-corrected chi connectivity index (χ1v) is 9.88. The molecule has 7 nitrogen and oxygen atoms in total. The van der Waals surface area contributed by atoms with Gasteiger partial charge in [-0.3, -0.25) is 9.59 Å². The lowest BCUT2D eigenvalue weighted by Gasteiger charge is -2.42. The molecule has 144 valence electrons. The van der Waals surface area contributed by atoms with Crippen LogP contribution < -0.4 is 4.90 Å². The van der Waals surface area contributed by atoms with E-state index in [1.54, 1.807) is 0 Å². The van der Waals surface area contributed by atoms with Crippen molar-refractivity contribution >= 4 is 17.5 Å². The van der Waals surface area contributed by atoms with Gasteiger partial charge in [-0.05, 0) is 18.6 Å². The molecule has 1 aromatic carbocycles. The molecule has 7 heteroatoms. The van der Waals surface area contributed by atoms with Gasteiger partial charge in [0, 0.05) is 38.3 Å². The Morgan fingerprint density at radius 1 is 1.07 bits per heavy atom. The van der Waals surface area contributed by atoms with E-state index < -0.39 is 5.72 Å². The minimum Gasteiger partial charge on any atom is -0.378 e. The van der Waals surface area contributed by atoms with Gasteiger partial charge in [0.25, 0.3) is 5.91 Å². The predicted molar refractivity (Wildman–Crippen MR) is 98.5 cm³/mol. The molecule has 4 saturated heterocycles. The molecule has 0 radical (unpaired) electrons. The molecule has 0 unspecified atom stereocenters. The number of amides is 2. The highest BCUT2D eigenvalue weighted by molar-refractivity contribution is 6.01. The summed E-state index contributed by atoms with van der Waals surface area (Å²) in [6.07, 6.45) is 1.94. The summed E-state index contributed by atoms with van der Waals surface area (Å²) in [7, 11) is 0. The van der Waals surface area contributed by atoms with E-state index in [0.717, 1.165) is 31.7 Å². The Balaban J connectivity index is 1.45. The summed E-state index contributed by atoms with van der Waals surface area (Å²) in [5.41, 5.74) is 1.06. The molecule has 0 bridgehead atoms. The number of ether oxygens (including phenoxy) is 2. The molecule has 2 atom stereocenters. The van der Waals surface area contributed by atoms with Crippen LogP contribution in [0.25, 0.3) is 0 Å². The highest BCUT2D eigenvalue weighted by atomic mass is 16.5. The number of anilines is 1. The van der Waals surface area contributed by atoms with Crippen LogP contribution in [-0.4, -0.2) is 79.4 Å². The van der Waals surface area contributed by atoms with E-state index in [-0.39, 0.29) is 17.9 Å². The average Bonchev–Trinajstić information content (AvgIpc) is 3.20. The van der Waals surface area contributed by atoms with Crippen molar-refractivity contribution in [2.45, 2.75) is 31.0 Å². The van der Waals surface area contributed by atoms with Gasteiger partial charge in [0.15, 0.2) is 5.72 Å². The summed E-state index contributed by atoms with van der Waals surface area (Å²) in [5.74, 6) is 0.112. The van der Waals surface area contributed by atoms with Crippen LogP contribution in [0.15, 0.2) is 24.3 Å². The number of benzene rings is 1. The SMILES string of the molecule is O=C(c1ccccc1N1CCOCC1)N1CC[C@@]23OCCCN2C(=O)C[C@@H]13. The van der Waals surface area contributed by atoms with Gasteiger partial charge in [-0.2, -0.15) is 0 Å². The molecule has 0 N–H and O–H groups in total. The van der Waals surface area contributed by atoms with Crippen LogP contribution >= 0.6 is 0 Å². The fourth-order valence-corrected chi connectivity index (χ4v) is 5.08. The topological polar surface area (TPSA) is 62.3 Å². The maximum atomic E-state index is 13.5. The van der Waals surface area contributed by atoms with Crippen molar-refractivity contribution in [2.75, 3.05) is 50.9 Å². The Morgan fingerprint density at radius 3 is 2.74 bits per heavy atom. The molecule has 4 heterocycles. The van der Waals surface area contributed by atoms with E-state index in [0.29, 0.717) is 44.8 Å². The van der Waals surface area contributed by atoms with E-state index in [1.807, 2.05) is 34.1 Å². The zero-order chi connectivity index (χ0) is 18.4. The van der Waals surface area contributed by atoms with Gasteiger partial charge in [0.2, 0.25) is 5.91 Å². The molecule has 27 heavy (non-hydrogen) atoms. The van der Waals surface area contributed by atoms with Gasteiger partial charge in [-0.1, -0.05) is 12.1 Å². The van der Waals surface area contributed by atoms with E-state index in [2.05, 4.69) is 4.90 Å². The second-order valence-corrected chi connectivity index (χ2v) is 7.68. The number of para-hydroxylation sites is 1. The summed E-state index contributed by atoms with van der Waals surface area (Å²) in [4.78, 5) is 32.0. The maximum absolute atomic E-state index is 13.5. The fourth-order valence-electron chi connectivity index (χ4n) is 5.08. The second kappa shape index (κ2) is 6.49. The Bertz CT molecular complexity index is 763. The first kappa shape index (κ1) is 17.0. The molecular formula is C20H25N3O4. The molecule has 2 amide bonds. The van der Waals surface area contributed by atoms with Crippen molar-refractivity contribution in [1.29, 1.82) is 0 Å². The lowest BCUT2D eigenvalue weighted by Crippen LogP contribution is -2.56. The van der Waals surface area contributed by atoms with Crippen LogP contribution in [0, 0.1) is 0 Å². The molecule has 0 saturated carbocycles. The van der Waals surface area contributed by atoms with Crippen molar-refractivity contribution in [1.82, 2.24) is 9.80 Å². The highest BCUT2D eigenvalue weighted by Crippen LogP contribution is 2.45. The van der Waals surface area contributed by atoms with Gasteiger partial charge < -0.3 is 24.2 Å². The first-order valence-electron chi connectivity index (χ1n) is 9.88. The number of likely N-dealkylation sites (tertiary alicyclic amines) is 1. The molecule has 4 aliphatic heterocycles. The van der Waals surface area contributed by atoms with Crippen LogP contribution in [-0.2, 0) is 14.3 Å². The van der Waals surface area contributed by atoms with Crippen molar-refractivity contribution in [2.24, 2.45) is 0 Å². The molecule has 1 aromatic rings. The third kappa shape index (κ3) is 2.56. The largest absolute Gasteiger partial charge is 0.378 e. The molecule has 4 aliphatic rings. The summed E-state index contributed by atoms with van der Waals surface area (Å²) >= 11 is 0. The molecule has 4 fully saturated rings. The molecule has 1 spiro atoms. The van der Waals surface area contributed by atoms with Crippen molar-refractivity contribution in [3.8, 4) is 0 Å². The zero-order valence-corrected chi connectivity index (χ0v) is 15.4. The fraction of sp³-hybridized carbons (Fsp3) is 0.600. The lowest BCUT2D eigenvalue weighted by molar-refractivity contribution is -0.179. The Labute approximate surface area is 158 Å². The Hall–Kier alpha value is -2.12. The number of hydrogen-bond donors (Lipinski definition) is 0. The zero-order valence-electron chi connectivity index (χ0n) is 15.4. The Morgan fingerprint density at radius 2 is 1.89 bits per heavy atom. The quantitative estimate of drug-likeness (QED) is 0.779. The molecular weight excluding hydrogens is 346 g/mol.